The molecule has 8 rings (SSSR count). The van der Waals surface area contributed by atoms with Gasteiger partial charge in [-0.15, -0.1) is 20.4 Å². The highest BCUT2D eigenvalue weighted by molar-refractivity contribution is 7.91. The number of halogens is 2. The average Bonchev–Trinajstić information content (AvgIpc) is 4.03. The summed E-state index contributed by atoms with van der Waals surface area (Å²) < 4.78 is 114. The SMILES string of the molecule is COc1cccc(OC)c1-n1c(CS(=O)(=O)[C@@H](C)[C@H](OC)c2ccc(Cl)cn2)nnc1[C@@H]1COCCO1.COc1cccc(OC)c1-n1c(CS(=O)(=O)[C@@H](C)[C@H](OC)c2ccc(Cl)cn2)nnc1[C@H]1COCCO1. The Morgan fingerprint density at radius 2 is 0.919 bits per heavy atom. The van der Waals surface area contributed by atoms with Gasteiger partial charge in [0.05, 0.1) is 100 Å². The number of para-hydroxylation sites is 2. The molecule has 0 saturated carbocycles. The van der Waals surface area contributed by atoms with Crippen molar-refractivity contribution in [2.75, 3.05) is 82.3 Å². The Morgan fingerprint density at radius 3 is 1.20 bits per heavy atom. The molecule has 6 aromatic rings. The molecule has 0 unspecified atom stereocenters. The van der Waals surface area contributed by atoms with Gasteiger partial charge in [-0.2, -0.15) is 0 Å². The number of methoxy groups -OCH3 is 6. The van der Waals surface area contributed by atoms with Crippen LogP contribution in [0.4, 0.5) is 0 Å². The third kappa shape index (κ3) is 12.6. The maximum Gasteiger partial charge on any atom is 0.169 e. The van der Waals surface area contributed by atoms with Crippen LogP contribution in [0.25, 0.3) is 11.4 Å². The summed E-state index contributed by atoms with van der Waals surface area (Å²) in [7, 11) is 1.26. The van der Waals surface area contributed by atoms with Gasteiger partial charge in [-0.1, -0.05) is 35.3 Å². The monoisotopic (exact) mass is 1100 g/mol. The predicted octanol–water partition coefficient (Wildman–Crippen LogP) is 6.22. The molecule has 0 aliphatic carbocycles. The molecule has 2 fully saturated rings. The fourth-order valence-electron chi connectivity index (χ4n) is 8.35. The van der Waals surface area contributed by atoms with Crippen LogP contribution in [0.5, 0.6) is 23.0 Å². The van der Waals surface area contributed by atoms with Gasteiger partial charge in [0.25, 0.3) is 0 Å². The summed E-state index contributed by atoms with van der Waals surface area (Å²) in [6, 6.07) is 17.1. The lowest BCUT2D eigenvalue weighted by atomic mass is 10.2. The van der Waals surface area contributed by atoms with Crippen LogP contribution < -0.4 is 18.9 Å². The van der Waals surface area contributed by atoms with Gasteiger partial charge in [0, 0.05) is 26.6 Å². The minimum absolute atomic E-state index is 0.165. The first-order chi connectivity index (χ1) is 35.6. The lowest BCUT2D eigenvalue weighted by molar-refractivity contribution is -0.0942. The second kappa shape index (κ2) is 25.3. The van der Waals surface area contributed by atoms with E-state index in [1.165, 1.54) is 55.1 Å². The maximum absolute atomic E-state index is 13.7. The molecule has 2 aliphatic rings. The highest BCUT2D eigenvalue weighted by atomic mass is 35.5. The summed E-state index contributed by atoms with van der Waals surface area (Å²) in [5.41, 5.74) is 1.82. The van der Waals surface area contributed by atoms with E-state index in [0.29, 0.717) is 93.9 Å². The molecule has 6 atom stereocenters. The molecule has 0 bridgehead atoms. The third-order valence-electron chi connectivity index (χ3n) is 12.2. The minimum atomic E-state index is -3.84. The van der Waals surface area contributed by atoms with E-state index in [4.69, 9.17) is 70.6 Å². The van der Waals surface area contributed by atoms with Gasteiger partial charge in [-0.3, -0.25) is 19.1 Å². The molecule has 0 N–H and O–H groups in total. The standard InChI is InChI=1S/2C24H29ClN4O7S/c2*1-15(23(34-4)17-9-8-16(25)12-26-17)37(30,31)14-21-27-28-24(20-13-35-10-11-36-20)29(21)22-18(32-2)6-5-7-19(22)33-3/h2*5-9,12,15,20,23H,10-11,13-14H2,1-4H3/t15-,20+,23-;15-,20-,23-/m00/s1. The van der Waals surface area contributed by atoms with Crippen molar-refractivity contribution in [2.45, 2.75) is 60.3 Å². The van der Waals surface area contributed by atoms with Crippen LogP contribution in [0, 0.1) is 0 Å². The van der Waals surface area contributed by atoms with Crippen LogP contribution in [0.1, 0.15) is 72.9 Å². The van der Waals surface area contributed by atoms with E-state index in [1.807, 2.05) is 0 Å². The summed E-state index contributed by atoms with van der Waals surface area (Å²) in [6.45, 7) is 5.28. The van der Waals surface area contributed by atoms with Gasteiger partial charge in [0.2, 0.25) is 0 Å². The molecule has 22 nitrogen and oxygen atoms in total. The van der Waals surface area contributed by atoms with Crippen LogP contribution in [-0.2, 0) is 59.6 Å². The van der Waals surface area contributed by atoms with Crippen LogP contribution in [0.3, 0.4) is 0 Å². The zero-order valence-corrected chi connectivity index (χ0v) is 45.1. The van der Waals surface area contributed by atoms with Gasteiger partial charge in [0.1, 0.15) is 70.3 Å². The Hall–Kier alpha value is -5.54. The highest BCUT2D eigenvalue weighted by Gasteiger charge is 2.38. The van der Waals surface area contributed by atoms with Gasteiger partial charge in [-0.25, -0.2) is 16.8 Å². The van der Waals surface area contributed by atoms with E-state index < -0.39 is 66.1 Å². The predicted molar refractivity (Wildman–Crippen MR) is 270 cm³/mol. The molecule has 2 aromatic carbocycles. The fourth-order valence-corrected chi connectivity index (χ4v) is 11.4. The van der Waals surface area contributed by atoms with Crippen molar-refractivity contribution in [1.29, 1.82) is 0 Å². The second-order valence-corrected chi connectivity index (χ2v) is 22.2. The summed E-state index contributed by atoms with van der Waals surface area (Å²) in [5, 5.41) is 16.1. The smallest absolute Gasteiger partial charge is 0.169 e. The first-order valence-electron chi connectivity index (χ1n) is 23.0. The molecular formula is C48H58Cl2N8O14S2. The summed E-state index contributed by atoms with van der Waals surface area (Å²) in [6.07, 6.45) is 0.129. The number of pyridine rings is 2. The van der Waals surface area contributed by atoms with Gasteiger partial charge < -0.3 is 47.4 Å². The lowest BCUT2D eigenvalue weighted by Gasteiger charge is -2.25. The summed E-state index contributed by atoms with van der Waals surface area (Å²) >= 11 is 11.9. The number of rotatable bonds is 20. The second-order valence-electron chi connectivity index (χ2n) is 16.7. The number of nitrogens with zero attached hydrogens (tertiary/aromatic N) is 8. The van der Waals surface area contributed by atoms with Crippen LogP contribution in [0.2, 0.25) is 10.0 Å². The molecule has 4 aromatic heterocycles. The Kier molecular flexibility index (Phi) is 19.2. The Labute approximate surface area is 439 Å². The average molecular weight is 1110 g/mol. The van der Waals surface area contributed by atoms with Crippen LogP contribution >= 0.6 is 23.2 Å². The van der Waals surface area contributed by atoms with Gasteiger partial charge >= 0.3 is 0 Å². The molecule has 0 spiro atoms. The quantitative estimate of drug-likeness (QED) is 0.0822. The number of aromatic nitrogens is 8. The zero-order valence-electron chi connectivity index (χ0n) is 41.9. The Morgan fingerprint density at radius 1 is 0.554 bits per heavy atom. The van der Waals surface area contributed by atoms with E-state index in [0.717, 1.165) is 0 Å². The largest absolute Gasteiger partial charge is 0.494 e. The lowest BCUT2D eigenvalue weighted by Crippen LogP contribution is -2.30. The van der Waals surface area contributed by atoms with E-state index >= 15 is 0 Å². The number of hydrogen-bond donors (Lipinski definition) is 0. The molecule has 0 amide bonds. The number of hydrogen-bond acceptors (Lipinski definition) is 20. The molecule has 2 aliphatic heterocycles. The third-order valence-corrected chi connectivity index (χ3v) is 16.7. The van der Waals surface area contributed by atoms with Crippen molar-refractivity contribution in [1.82, 2.24) is 39.5 Å². The zero-order chi connectivity index (χ0) is 53.2. The molecule has 0 radical (unpaired) electrons. The van der Waals surface area contributed by atoms with Crippen LogP contribution in [0.15, 0.2) is 73.1 Å². The van der Waals surface area contributed by atoms with Crippen molar-refractivity contribution in [3.8, 4) is 34.4 Å². The van der Waals surface area contributed by atoms with Crippen molar-refractivity contribution < 1.29 is 64.2 Å². The number of sulfone groups is 2. The molecule has 2 saturated heterocycles. The van der Waals surface area contributed by atoms with Gasteiger partial charge in [-0.05, 0) is 62.4 Å². The molecule has 26 heteroatoms. The van der Waals surface area contributed by atoms with E-state index in [2.05, 4.69) is 30.4 Å². The van der Waals surface area contributed by atoms with E-state index in [-0.39, 0.29) is 24.9 Å². The number of ether oxygens (including phenoxy) is 10. The normalized spacial score (nSPS) is 17.8. The summed E-state index contributed by atoms with van der Waals surface area (Å²) in [4.78, 5) is 8.50. The van der Waals surface area contributed by atoms with Crippen molar-refractivity contribution >= 4 is 42.9 Å². The van der Waals surface area contributed by atoms with E-state index in [1.54, 1.807) is 83.6 Å². The molecule has 74 heavy (non-hydrogen) atoms. The van der Waals surface area contributed by atoms with Gasteiger partial charge in [0.15, 0.2) is 43.0 Å². The molecule has 6 heterocycles. The molecular weight excluding hydrogens is 1050 g/mol. The van der Waals surface area contributed by atoms with Crippen molar-refractivity contribution in [3.63, 3.8) is 0 Å². The number of benzene rings is 2. The Balaban J connectivity index is 0.000000216. The highest BCUT2D eigenvalue weighted by Crippen LogP contribution is 2.39. The fraction of sp³-hybridized carbons (Fsp3) is 0.458. The maximum atomic E-state index is 13.7. The Bertz CT molecular complexity index is 2780. The topological polar surface area (TPSA) is 248 Å². The van der Waals surface area contributed by atoms with Crippen molar-refractivity contribution in [2.24, 2.45) is 0 Å². The molecule has 400 valence electrons. The minimum Gasteiger partial charge on any atom is -0.494 e. The summed E-state index contributed by atoms with van der Waals surface area (Å²) in [5.74, 6) is 2.00. The van der Waals surface area contributed by atoms with E-state index in [9.17, 15) is 16.8 Å². The van der Waals surface area contributed by atoms with Crippen molar-refractivity contribution in [3.05, 3.63) is 118 Å². The van der Waals surface area contributed by atoms with Crippen LogP contribution in [-0.4, -0.2) is 149 Å². The first-order valence-corrected chi connectivity index (χ1v) is 27.2. The first kappa shape index (κ1) is 56.2.